The van der Waals surface area contributed by atoms with E-state index in [0.717, 1.165) is 16.1 Å². The maximum atomic E-state index is 13.8. The van der Waals surface area contributed by atoms with Gasteiger partial charge in [0.2, 0.25) is 0 Å². The van der Waals surface area contributed by atoms with Crippen molar-refractivity contribution in [3.05, 3.63) is 64.5 Å². The van der Waals surface area contributed by atoms with Crippen molar-refractivity contribution in [2.24, 2.45) is 0 Å². The molecule has 0 bridgehead atoms. The summed E-state index contributed by atoms with van der Waals surface area (Å²) < 4.78 is 42.6. The number of aryl methyl sites for hydroxylation is 1. The number of pyridine rings is 1. The molecule has 0 spiro atoms. The molecule has 0 saturated carbocycles. The zero-order valence-corrected chi connectivity index (χ0v) is 14.4. The molecule has 3 rings (SSSR count). The smallest absolute Gasteiger partial charge is 0.262 e. The molecular weight excluding hydrogens is 383 g/mol. The topological polar surface area (TPSA) is 59.1 Å². The molecule has 2 aromatic carbocycles. The maximum Gasteiger partial charge on any atom is 0.262 e. The Morgan fingerprint density at radius 2 is 1.96 bits per heavy atom. The fourth-order valence-corrected chi connectivity index (χ4v) is 4.09. The van der Waals surface area contributed by atoms with Gasteiger partial charge in [0.1, 0.15) is 11.3 Å². The number of sulfonamides is 1. The van der Waals surface area contributed by atoms with Crippen molar-refractivity contribution in [3.63, 3.8) is 0 Å². The third kappa shape index (κ3) is 3.07. The standard InChI is InChI=1S/C16H12BrFN2O2S/c1-10-9-11(17)4-6-14(10)20-23(21,22)15-7-5-13(18)16-12(15)3-2-8-19-16/h2-9,20H,1H3. The van der Waals surface area contributed by atoms with E-state index in [1.54, 1.807) is 25.1 Å². The predicted octanol–water partition coefficient (Wildman–Crippen LogP) is 4.25. The normalized spacial score (nSPS) is 11.6. The summed E-state index contributed by atoms with van der Waals surface area (Å²) in [5, 5.41) is 0.245. The van der Waals surface area contributed by atoms with E-state index in [1.165, 1.54) is 18.3 Å². The van der Waals surface area contributed by atoms with Crippen LogP contribution in [0.2, 0.25) is 0 Å². The van der Waals surface area contributed by atoms with Crippen molar-refractivity contribution in [2.75, 3.05) is 4.72 Å². The number of nitrogens with one attached hydrogen (secondary N) is 1. The average molecular weight is 395 g/mol. The van der Waals surface area contributed by atoms with Gasteiger partial charge in [-0.2, -0.15) is 0 Å². The lowest BCUT2D eigenvalue weighted by Crippen LogP contribution is -2.14. The Kier molecular flexibility index (Phi) is 4.08. The van der Waals surface area contributed by atoms with E-state index in [-0.39, 0.29) is 15.8 Å². The average Bonchev–Trinajstić information content (AvgIpc) is 2.50. The fraction of sp³-hybridized carbons (Fsp3) is 0.0625. The summed E-state index contributed by atoms with van der Waals surface area (Å²) >= 11 is 3.33. The predicted molar refractivity (Wildman–Crippen MR) is 91.4 cm³/mol. The monoisotopic (exact) mass is 394 g/mol. The van der Waals surface area contributed by atoms with Crippen LogP contribution in [0.25, 0.3) is 10.9 Å². The van der Waals surface area contributed by atoms with Crippen molar-refractivity contribution >= 4 is 42.5 Å². The summed E-state index contributed by atoms with van der Waals surface area (Å²) in [7, 11) is -3.86. The van der Waals surface area contributed by atoms with Crippen molar-refractivity contribution in [1.82, 2.24) is 4.98 Å². The first-order chi connectivity index (χ1) is 10.9. The van der Waals surface area contributed by atoms with Gasteiger partial charge in [-0.3, -0.25) is 9.71 Å². The molecule has 0 unspecified atom stereocenters. The molecule has 0 saturated heterocycles. The number of hydrogen-bond donors (Lipinski definition) is 1. The molecule has 23 heavy (non-hydrogen) atoms. The summed E-state index contributed by atoms with van der Waals surface area (Å²) in [5.74, 6) is -0.556. The van der Waals surface area contributed by atoms with Crippen LogP contribution in [-0.2, 0) is 10.0 Å². The number of rotatable bonds is 3. The van der Waals surface area contributed by atoms with Crippen LogP contribution in [0.3, 0.4) is 0 Å². The summed E-state index contributed by atoms with van der Waals surface area (Å²) in [6, 6.07) is 10.7. The Bertz CT molecular complexity index is 1010. The quantitative estimate of drug-likeness (QED) is 0.722. The van der Waals surface area contributed by atoms with Gasteiger partial charge in [0.25, 0.3) is 10.0 Å². The highest BCUT2D eigenvalue weighted by Crippen LogP contribution is 2.27. The molecule has 0 atom stereocenters. The molecule has 0 aliphatic heterocycles. The number of benzene rings is 2. The second kappa shape index (κ2) is 5.90. The van der Waals surface area contributed by atoms with Crippen LogP contribution in [0.5, 0.6) is 0 Å². The Balaban J connectivity index is 2.12. The Hall–Kier alpha value is -1.99. The highest BCUT2D eigenvalue weighted by atomic mass is 79.9. The molecule has 0 aliphatic carbocycles. The fourth-order valence-electron chi connectivity index (χ4n) is 2.29. The van der Waals surface area contributed by atoms with E-state index in [0.29, 0.717) is 5.69 Å². The molecule has 3 aromatic rings. The third-order valence-electron chi connectivity index (χ3n) is 3.40. The van der Waals surface area contributed by atoms with Crippen LogP contribution < -0.4 is 4.72 Å². The number of anilines is 1. The largest absolute Gasteiger partial charge is 0.279 e. The second-order valence-electron chi connectivity index (χ2n) is 5.01. The van der Waals surface area contributed by atoms with Crippen LogP contribution >= 0.6 is 15.9 Å². The maximum absolute atomic E-state index is 13.8. The van der Waals surface area contributed by atoms with Gasteiger partial charge in [-0.25, -0.2) is 12.8 Å². The zero-order chi connectivity index (χ0) is 16.6. The van der Waals surface area contributed by atoms with Gasteiger partial charge in [-0.1, -0.05) is 15.9 Å². The molecule has 0 amide bonds. The van der Waals surface area contributed by atoms with Crippen LogP contribution in [0.4, 0.5) is 10.1 Å². The summed E-state index contributed by atoms with van der Waals surface area (Å²) in [5.41, 5.74) is 1.27. The molecule has 1 N–H and O–H groups in total. The van der Waals surface area contributed by atoms with E-state index in [9.17, 15) is 12.8 Å². The van der Waals surface area contributed by atoms with E-state index < -0.39 is 15.8 Å². The summed E-state index contributed by atoms with van der Waals surface area (Å²) in [6.07, 6.45) is 1.42. The molecule has 0 radical (unpaired) electrons. The van der Waals surface area contributed by atoms with Crippen LogP contribution in [0.1, 0.15) is 5.56 Å². The van der Waals surface area contributed by atoms with Crippen molar-refractivity contribution in [3.8, 4) is 0 Å². The van der Waals surface area contributed by atoms with Crippen molar-refractivity contribution < 1.29 is 12.8 Å². The van der Waals surface area contributed by atoms with Gasteiger partial charge >= 0.3 is 0 Å². The lowest BCUT2D eigenvalue weighted by molar-refractivity contribution is 0.601. The molecule has 1 aromatic heterocycles. The molecule has 7 heteroatoms. The minimum Gasteiger partial charge on any atom is -0.279 e. The Morgan fingerprint density at radius 3 is 2.70 bits per heavy atom. The van der Waals surface area contributed by atoms with Gasteiger partial charge in [-0.05, 0) is 55.0 Å². The Labute approximate surface area is 141 Å². The SMILES string of the molecule is Cc1cc(Br)ccc1NS(=O)(=O)c1ccc(F)c2ncccc12. The van der Waals surface area contributed by atoms with Gasteiger partial charge < -0.3 is 0 Å². The van der Waals surface area contributed by atoms with Crippen LogP contribution in [0, 0.1) is 12.7 Å². The van der Waals surface area contributed by atoms with Gasteiger partial charge in [0.05, 0.1) is 10.6 Å². The molecule has 1 heterocycles. The lowest BCUT2D eigenvalue weighted by atomic mass is 10.2. The number of halogens is 2. The number of hydrogen-bond acceptors (Lipinski definition) is 3. The van der Waals surface area contributed by atoms with Crippen LogP contribution in [0.15, 0.2) is 58.0 Å². The van der Waals surface area contributed by atoms with E-state index in [2.05, 4.69) is 25.6 Å². The number of nitrogens with zero attached hydrogens (tertiary/aromatic N) is 1. The zero-order valence-electron chi connectivity index (χ0n) is 12.0. The summed E-state index contributed by atoms with van der Waals surface area (Å²) in [4.78, 5) is 3.91. The molecule has 0 aliphatic rings. The van der Waals surface area contributed by atoms with Crippen LogP contribution in [-0.4, -0.2) is 13.4 Å². The highest BCUT2D eigenvalue weighted by molar-refractivity contribution is 9.10. The van der Waals surface area contributed by atoms with Gasteiger partial charge in [-0.15, -0.1) is 0 Å². The van der Waals surface area contributed by atoms with Crippen molar-refractivity contribution in [2.45, 2.75) is 11.8 Å². The minimum absolute atomic E-state index is 0.00989. The number of fused-ring (bicyclic) bond motifs is 1. The first-order valence-electron chi connectivity index (χ1n) is 6.71. The molecule has 4 nitrogen and oxygen atoms in total. The first-order valence-corrected chi connectivity index (χ1v) is 8.98. The second-order valence-corrected chi connectivity index (χ2v) is 7.58. The molecule has 118 valence electrons. The van der Waals surface area contributed by atoms with E-state index >= 15 is 0 Å². The first kappa shape index (κ1) is 15.9. The van der Waals surface area contributed by atoms with Crippen molar-refractivity contribution in [1.29, 1.82) is 0 Å². The van der Waals surface area contributed by atoms with E-state index in [4.69, 9.17) is 0 Å². The third-order valence-corrected chi connectivity index (χ3v) is 5.32. The number of aromatic nitrogens is 1. The molecule has 0 fully saturated rings. The van der Waals surface area contributed by atoms with Gasteiger partial charge in [0.15, 0.2) is 0 Å². The van der Waals surface area contributed by atoms with E-state index in [1.807, 2.05) is 6.07 Å². The minimum atomic E-state index is -3.86. The Morgan fingerprint density at radius 1 is 1.17 bits per heavy atom. The highest BCUT2D eigenvalue weighted by Gasteiger charge is 2.20. The summed E-state index contributed by atoms with van der Waals surface area (Å²) in [6.45, 7) is 1.80. The lowest BCUT2D eigenvalue weighted by Gasteiger charge is -2.12. The molecular formula is C16H12BrFN2O2S. The van der Waals surface area contributed by atoms with Gasteiger partial charge in [0, 0.05) is 16.1 Å².